The Hall–Kier alpha value is -2.39. The Balaban J connectivity index is 2.20. The molecule has 1 amide bonds. The maximum atomic E-state index is 12.9. The molecule has 7 nitrogen and oxygen atoms in total. The second-order valence-corrected chi connectivity index (χ2v) is 10.5. The Labute approximate surface area is 191 Å². The Kier molecular flexibility index (Phi) is 7.88. The molecule has 0 radical (unpaired) electrons. The lowest BCUT2D eigenvalue weighted by atomic mass is 10.00. The lowest BCUT2D eigenvalue weighted by molar-refractivity contribution is 0.0570. The largest absolute Gasteiger partial charge is 0.496 e. The minimum absolute atomic E-state index is 0.228. The molecule has 0 aromatic heterocycles. The second kappa shape index (κ2) is 9.82. The molecule has 2 aromatic carbocycles. The lowest BCUT2D eigenvalue weighted by Gasteiger charge is -2.19. The number of carbonyl (C=O) groups is 2. The van der Waals surface area contributed by atoms with Crippen LogP contribution < -0.4 is 9.46 Å². The molecule has 0 atom stereocenters. The molecule has 0 bridgehead atoms. The fraction of sp³-hybridized carbons (Fsp3) is 0.364. The topological polar surface area (TPSA) is 98.8 Å². The minimum Gasteiger partial charge on any atom is -0.496 e. The summed E-state index contributed by atoms with van der Waals surface area (Å²) in [6.45, 7) is 6.91. The monoisotopic (exact) mass is 511 g/mol. The molecule has 0 aliphatic heterocycles. The van der Waals surface area contributed by atoms with E-state index in [0.29, 0.717) is 26.9 Å². The zero-order chi connectivity index (χ0) is 23.4. The third-order valence-electron chi connectivity index (χ3n) is 4.20. The van der Waals surface area contributed by atoms with Crippen LogP contribution in [-0.2, 0) is 26.9 Å². The number of methoxy groups -OCH3 is 1. The van der Waals surface area contributed by atoms with Gasteiger partial charge in [-0.2, -0.15) is 0 Å². The summed E-state index contributed by atoms with van der Waals surface area (Å²) in [5.74, 6) is -0.0345. The zero-order valence-electron chi connectivity index (χ0n) is 18.1. The maximum Gasteiger partial charge on any atom is 0.421 e. The van der Waals surface area contributed by atoms with Crippen molar-refractivity contribution in [3.05, 3.63) is 63.1 Å². The highest BCUT2D eigenvalue weighted by atomic mass is 79.9. The first-order valence-corrected chi connectivity index (χ1v) is 12.0. The van der Waals surface area contributed by atoms with Crippen molar-refractivity contribution >= 4 is 37.8 Å². The normalized spacial score (nSPS) is 11.7. The third-order valence-corrected chi connectivity index (χ3v) is 6.05. The van der Waals surface area contributed by atoms with Gasteiger partial charge in [0, 0.05) is 15.6 Å². The molecule has 0 saturated heterocycles. The summed E-state index contributed by atoms with van der Waals surface area (Å²) in [7, 11) is -2.42. The molecule has 9 heteroatoms. The zero-order valence-corrected chi connectivity index (χ0v) is 20.5. The van der Waals surface area contributed by atoms with Gasteiger partial charge in [0.1, 0.15) is 11.4 Å². The average Bonchev–Trinajstić information content (AvgIpc) is 2.64. The number of hydrogen-bond donors (Lipinski definition) is 1. The number of rotatable bonds is 7. The number of benzene rings is 2. The van der Waals surface area contributed by atoms with E-state index >= 15 is 0 Å². The van der Waals surface area contributed by atoms with Gasteiger partial charge in [-0.3, -0.25) is 4.79 Å². The Morgan fingerprint density at radius 3 is 2.32 bits per heavy atom. The van der Waals surface area contributed by atoms with Crippen LogP contribution >= 0.6 is 15.9 Å². The van der Waals surface area contributed by atoms with Crippen LogP contribution in [0.25, 0.3) is 0 Å². The predicted molar refractivity (Wildman–Crippen MR) is 122 cm³/mol. The molecule has 31 heavy (non-hydrogen) atoms. The van der Waals surface area contributed by atoms with Crippen LogP contribution in [0.1, 0.15) is 54.7 Å². The summed E-state index contributed by atoms with van der Waals surface area (Å²) < 4.78 is 37.2. The molecule has 2 aromatic rings. The quantitative estimate of drug-likeness (QED) is 0.545. The fourth-order valence-electron chi connectivity index (χ4n) is 2.85. The number of amides is 1. The van der Waals surface area contributed by atoms with Gasteiger partial charge in [-0.1, -0.05) is 41.1 Å². The van der Waals surface area contributed by atoms with Gasteiger partial charge in [0.25, 0.3) is 0 Å². The third kappa shape index (κ3) is 7.07. The summed E-state index contributed by atoms with van der Waals surface area (Å²) in [5.41, 5.74) is 1.42. The molecule has 1 N–H and O–H groups in total. The van der Waals surface area contributed by atoms with Crippen molar-refractivity contribution in [2.24, 2.45) is 0 Å². The summed E-state index contributed by atoms with van der Waals surface area (Å²) in [6.07, 6.45) is -0.259. The first-order valence-electron chi connectivity index (χ1n) is 9.58. The van der Waals surface area contributed by atoms with E-state index in [1.165, 1.54) is 6.07 Å². The number of ketones is 1. The van der Waals surface area contributed by atoms with Crippen LogP contribution in [0, 0.1) is 0 Å². The Bertz CT molecular complexity index is 1090. The molecule has 168 valence electrons. The number of aryl methyl sites for hydroxylation is 1. The molecule has 0 aliphatic rings. The van der Waals surface area contributed by atoms with Crippen LogP contribution in [0.2, 0.25) is 0 Å². The second-order valence-electron chi connectivity index (χ2n) is 7.89. The summed E-state index contributed by atoms with van der Waals surface area (Å²) in [6, 6.07) is 9.90. The molecule has 0 fully saturated rings. The first kappa shape index (κ1) is 24.9. The molecular weight excluding hydrogens is 486 g/mol. The SMILES string of the molecule is CCc1ccc(C(=O)c2ccc(CS(=O)(=O)NC(=O)OC(C)(C)C)cc2Br)cc1OC. The number of hydrogen-bond acceptors (Lipinski definition) is 6. The van der Waals surface area contributed by atoms with E-state index in [2.05, 4.69) is 15.9 Å². The predicted octanol–water partition coefficient (Wildman–Crippen LogP) is 4.61. The average molecular weight is 512 g/mol. The van der Waals surface area contributed by atoms with Gasteiger partial charge in [0.2, 0.25) is 10.0 Å². The molecule has 0 saturated carbocycles. The van der Waals surface area contributed by atoms with E-state index in [4.69, 9.17) is 9.47 Å². The smallest absolute Gasteiger partial charge is 0.421 e. The number of halogens is 1. The minimum atomic E-state index is -3.97. The van der Waals surface area contributed by atoms with E-state index in [-0.39, 0.29) is 5.78 Å². The van der Waals surface area contributed by atoms with Crippen LogP contribution in [0.3, 0.4) is 0 Å². The molecule has 0 unspecified atom stereocenters. The van der Waals surface area contributed by atoms with Crippen molar-refractivity contribution in [1.82, 2.24) is 4.72 Å². The summed E-state index contributed by atoms with van der Waals surface area (Å²) in [4.78, 5) is 24.7. The van der Waals surface area contributed by atoms with Gasteiger partial charge < -0.3 is 9.47 Å². The Morgan fingerprint density at radius 2 is 1.77 bits per heavy atom. The van der Waals surface area contributed by atoms with Crippen molar-refractivity contribution in [3.63, 3.8) is 0 Å². The maximum absolute atomic E-state index is 12.9. The van der Waals surface area contributed by atoms with Crippen molar-refractivity contribution in [2.45, 2.75) is 45.5 Å². The molecule has 2 rings (SSSR count). The molecule has 0 spiro atoms. The summed E-state index contributed by atoms with van der Waals surface area (Å²) >= 11 is 3.35. The Morgan fingerprint density at radius 1 is 1.10 bits per heavy atom. The number of sulfonamides is 1. The van der Waals surface area contributed by atoms with Gasteiger partial charge in [-0.05, 0) is 56.5 Å². The van der Waals surface area contributed by atoms with Crippen molar-refractivity contribution in [1.29, 1.82) is 0 Å². The van der Waals surface area contributed by atoms with Crippen LogP contribution in [0.5, 0.6) is 5.75 Å². The first-order chi connectivity index (χ1) is 14.3. The fourth-order valence-corrected chi connectivity index (χ4v) is 4.44. The van der Waals surface area contributed by atoms with Crippen LogP contribution in [0.15, 0.2) is 40.9 Å². The van der Waals surface area contributed by atoms with Gasteiger partial charge in [0.05, 0.1) is 12.9 Å². The lowest BCUT2D eigenvalue weighted by Crippen LogP contribution is -2.36. The van der Waals surface area contributed by atoms with Crippen LogP contribution in [-0.4, -0.2) is 33.0 Å². The van der Waals surface area contributed by atoms with Crippen molar-refractivity contribution in [3.8, 4) is 5.75 Å². The molecule has 0 aliphatic carbocycles. The van der Waals surface area contributed by atoms with E-state index in [9.17, 15) is 18.0 Å². The van der Waals surface area contributed by atoms with E-state index in [1.54, 1.807) is 52.1 Å². The van der Waals surface area contributed by atoms with Gasteiger partial charge in [-0.25, -0.2) is 17.9 Å². The van der Waals surface area contributed by atoms with E-state index in [0.717, 1.165) is 12.0 Å². The number of ether oxygens (including phenoxy) is 2. The summed E-state index contributed by atoms with van der Waals surface area (Å²) in [5, 5.41) is 0. The van der Waals surface area contributed by atoms with E-state index < -0.39 is 27.5 Å². The number of carbonyl (C=O) groups excluding carboxylic acids is 2. The molecular formula is C22H26BrNO6S. The highest BCUT2D eigenvalue weighted by molar-refractivity contribution is 9.10. The van der Waals surface area contributed by atoms with Crippen molar-refractivity contribution < 1.29 is 27.5 Å². The highest BCUT2D eigenvalue weighted by Gasteiger charge is 2.22. The van der Waals surface area contributed by atoms with Crippen LogP contribution in [0.4, 0.5) is 4.79 Å². The van der Waals surface area contributed by atoms with Gasteiger partial charge in [-0.15, -0.1) is 0 Å². The van der Waals surface area contributed by atoms with Crippen molar-refractivity contribution in [2.75, 3.05) is 7.11 Å². The highest BCUT2D eigenvalue weighted by Crippen LogP contribution is 2.26. The van der Waals surface area contributed by atoms with E-state index in [1.807, 2.05) is 17.7 Å². The van der Waals surface area contributed by atoms with Gasteiger partial charge >= 0.3 is 6.09 Å². The van der Waals surface area contributed by atoms with Gasteiger partial charge in [0.15, 0.2) is 5.78 Å². The number of nitrogens with one attached hydrogen (secondary N) is 1. The molecule has 0 heterocycles. The standard InChI is InChI=1S/C22H26BrNO6S/c1-6-15-8-9-16(12-19(15)29-5)20(25)17-10-7-14(11-18(17)23)13-31(27,28)24-21(26)30-22(2,3)4/h7-12H,6,13H2,1-5H3,(H,24,26).